The highest BCUT2D eigenvalue weighted by Gasteiger charge is 2.22. The lowest BCUT2D eigenvalue weighted by atomic mass is 10.2. The molecular weight excluding hydrogens is 342 g/mol. The molecule has 2 heterocycles. The Hall–Kier alpha value is -2.67. The molecule has 2 aromatic heterocycles. The van der Waals surface area contributed by atoms with Crippen molar-refractivity contribution >= 4 is 22.5 Å². The van der Waals surface area contributed by atoms with Gasteiger partial charge in [0.2, 0.25) is 5.91 Å². The Labute approximate surface area is 158 Å². The first-order valence-electron chi connectivity index (χ1n) is 9.47. The molecule has 0 aliphatic rings. The molecule has 0 aliphatic carbocycles. The molecule has 1 aromatic carbocycles. The molecule has 0 spiro atoms. The molecule has 7 nitrogen and oxygen atoms in total. The van der Waals surface area contributed by atoms with Gasteiger partial charge in [0.05, 0.1) is 5.52 Å². The van der Waals surface area contributed by atoms with E-state index in [1.165, 1.54) is 6.07 Å². The van der Waals surface area contributed by atoms with Crippen LogP contribution in [-0.2, 0) is 4.79 Å². The Morgan fingerprint density at radius 3 is 2.67 bits per heavy atom. The fraction of sp³-hybridized carbons (Fsp3) is 0.450. The van der Waals surface area contributed by atoms with Crippen molar-refractivity contribution in [2.45, 2.75) is 33.7 Å². The van der Waals surface area contributed by atoms with Gasteiger partial charge in [-0.25, -0.2) is 4.52 Å². The summed E-state index contributed by atoms with van der Waals surface area (Å²) in [5, 5.41) is 3.90. The zero-order valence-corrected chi connectivity index (χ0v) is 16.4. The van der Waals surface area contributed by atoms with Crippen LogP contribution in [0.2, 0.25) is 0 Å². The van der Waals surface area contributed by atoms with Gasteiger partial charge in [0, 0.05) is 30.2 Å². The standard InChI is InChI=1S/C20H27N5O2/c1-5-23(6-2)12-11-21-20(27)15(4)25-17-10-8-7-9-16(17)19-22-18(26)13-14(3)24(19)25/h7-10,13,15H,5-6,11-12H2,1-4H3,(H,21,27). The van der Waals surface area contributed by atoms with Gasteiger partial charge in [0.15, 0.2) is 5.65 Å². The van der Waals surface area contributed by atoms with E-state index in [0.717, 1.165) is 36.2 Å². The first-order valence-corrected chi connectivity index (χ1v) is 9.47. The highest BCUT2D eigenvalue weighted by molar-refractivity contribution is 5.94. The van der Waals surface area contributed by atoms with Crippen LogP contribution in [0.5, 0.6) is 0 Å². The summed E-state index contributed by atoms with van der Waals surface area (Å²) in [6, 6.07) is 8.78. The fourth-order valence-electron chi connectivity index (χ4n) is 3.53. The zero-order valence-electron chi connectivity index (χ0n) is 16.4. The van der Waals surface area contributed by atoms with Gasteiger partial charge in [0.25, 0.3) is 5.56 Å². The normalized spacial score (nSPS) is 12.8. The molecule has 0 saturated heterocycles. The van der Waals surface area contributed by atoms with Crippen molar-refractivity contribution in [2.75, 3.05) is 26.2 Å². The first kappa shape index (κ1) is 19.1. The summed E-state index contributed by atoms with van der Waals surface area (Å²) < 4.78 is 3.78. The maximum Gasteiger partial charge on any atom is 0.273 e. The Morgan fingerprint density at radius 2 is 1.96 bits per heavy atom. The van der Waals surface area contributed by atoms with Crippen molar-refractivity contribution in [3.05, 3.63) is 46.4 Å². The summed E-state index contributed by atoms with van der Waals surface area (Å²) in [6.07, 6.45) is 0. The van der Waals surface area contributed by atoms with Crippen LogP contribution in [0.3, 0.4) is 0 Å². The number of nitrogens with one attached hydrogen (secondary N) is 1. The molecule has 7 heteroatoms. The minimum Gasteiger partial charge on any atom is -0.353 e. The molecule has 1 atom stereocenters. The molecule has 3 rings (SSSR count). The highest BCUT2D eigenvalue weighted by atomic mass is 16.2. The third-order valence-electron chi connectivity index (χ3n) is 5.06. The minimum atomic E-state index is -0.438. The van der Waals surface area contributed by atoms with Crippen molar-refractivity contribution in [1.29, 1.82) is 0 Å². The van der Waals surface area contributed by atoms with Crippen LogP contribution in [0, 0.1) is 6.92 Å². The van der Waals surface area contributed by atoms with Gasteiger partial charge < -0.3 is 10.2 Å². The van der Waals surface area contributed by atoms with Gasteiger partial charge >= 0.3 is 0 Å². The number of likely N-dealkylation sites (N-methyl/N-ethyl adjacent to an activating group) is 1. The van der Waals surface area contributed by atoms with Crippen LogP contribution < -0.4 is 10.9 Å². The SMILES string of the molecule is CCN(CC)CCNC(=O)C(C)n1c2ccccc2c2nc(=O)cc(C)n21. The number of nitrogens with zero attached hydrogens (tertiary/aromatic N) is 4. The number of aromatic nitrogens is 3. The van der Waals surface area contributed by atoms with E-state index >= 15 is 0 Å². The van der Waals surface area contributed by atoms with E-state index in [9.17, 15) is 9.59 Å². The van der Waals surface area contributed by atoms with Crippen LogP contribution >= 0.6 is 0 Å². The Balaban J connectivity index is 1.97. The molecule has 3 aromatic rings. The van der Waals surface area contributed by atoms with Crippen molar-refractivity contribution in [3.63, 3.8) is 0 Å². The molecule has 0 bridgehead atoms. The number of aryl methyl sites for hydroxylation is 1. The van der Waals surface area contributed by atoms with Gasteiger partial charge in [-0.05, 0) is 39.1 Å². The summed E-state index contributed by atoms with van der Waals surface area (Å²) in [4.78, 5) is 31.2. The van der Waals surface area contributed by atoms with Crippen LogP contribution in [0.15, 0.2) is 35.1 Å². The van der Waals surface area contributed by atoms with E-state index in [-0.39, 0.29) is 11.5 Å². The molecule has 1 amide bonds. The van der Waals surface area contributed by atoms with E-state index in [0.29, 0.717) is 12.2 Å². The van der Waals surface area contributed by atoms with E-state index in [2.05, 4.69) is 29.0 Å². The lowest BCUT2D eigenvalue weighted by Crippen LogP contribution is -2.38. The third kappa shape index (κ3) is 3.60. The summed E-state index contributed by atoms with van der Waals surface area (Å²) in [7, 11) is 0. The fourth-order valence-corrected chi connectivity index (χ4v) is 3.53. The van der Waals surface area contributed by atoms with Gasteiger partial charge in [-0.1, -0.05) is 26.0 Å². The number of hydrogen-bond donors (Lipinski definition) is 1. The molecule has 27 heavy (non-hydrogen) atoms. The average Bonchev–Trinajstić information content (AvgIpc) is 2.99. The van der Waals surface area contributed by atoms with Crippen molar-refractivity contribution in [3.8, 4) is 0 Å². The van der Waals surface area contributed by atoms with E-state index in [1.807, 2.05) is 47.3 Å². The lowest BCUT2D eigenvalue weighted by molar-refractivity contribution is -0.124. The number of carbonyl (C=O) groups excluding carboxylic acids is 1. The lowest BCUT2D eigenvalue weighted by Gasteiger charge is -2.21. The van der Waals surface area contributed by atoms with Crippen LogP contribution in [0.1, 0.15) is 32.5 Å². The number of rotatable bonds is 7. The van der Waals surface area contributed by atoms with Crippen molar-refractivity contribution < 1.29 is 4.79 Å². The van der Waals surface area contributed by atoms with Crippen LogP contribution in [0.25, 0.3) is 16.6 Å². The molecule has 0 aliphatic heterocycles. The topological polar surface area (TPSA) is 71.6 Å². The second kappa shape index (κ2) is 7.92. The predicted octanol–water partition coefficient (Wildman–Crippen LogP) is 1.98. The van der Waals surface area contributed by atoms with Crippen molar-refractivity contribution in [1.82, 2.24) is 24.4 Å². The first-order chi connectivity index (χ1) is 13.0. The average molecular weight is 369 g/mol. The monoisotopic (exact) mass is 369 g/mol. The van der Waals surface area contributed by atoms with Gasteiger partial charge in [-0.15, -0.1) is 0 Å². The number of carbonyl (C=O) groups is 1. The molecule has 0 radical (unpaired) electrons. The largest absolute Gasteiger partial charge is 0.353 e. The highest BCUT2D eigenvalue weighted by Crippen LogP contribution is 2.24. The Morgan fingerprint density at radius 1 is 1.26 bits per heavy atom. The molecular formula is C20H27N5O2. The Kier molecular flexibility index (Phi) is 5.60. The molecule has 1 N–H and O–H groups in total. The number of hydrogen-bond acceptors (Lipinski definition) is 4. The summed E-state index contributed by atoms with van der Waals surface area (Å²) >= 11 is 0. The van der Waals surface area contributed by atoms with Crippen LogP contribution in [0.4, 0.5) is 0 Å². The second-order valence-electron chi connectivity index (χ2n) is 6.73. The quantitative estimate of drug-likeness (QED) is 0.691. The molecule has 1 unspecified atom stereocenters. The summed E-state index contributed by atoms with van der Waals surface area (Å²) in [5.74, 6) is -0.0529. The van der Waals surface area contributed by atoms with Crippen LogP contribution in [-0.4, -0.2) is 51.2 Å². The van der Waals surface area contributed by atoms with Gasteiger partial charge in [-0.2, -0.15) is 4.98 Å². The molecule has 0 fully saturated rings. The maximum atomic E-state index is 12.8. The number of fused-ring (bicyclic) bond motifs is 3. The third-order valence-corrected chi connectivity index (χ3v) is 5.06. The molecule has 0 saturated carbocycles. The van der Waals surface area contributed by atoms with Crippen molar-refractivity contribution in [2.24, 2.45) is 0 Å². The number of amides is 1. The summed E-state index contributed by atoms with van der Waals surface area (Å²) in [6.45, 7) is 11.3. The van der Waals surface area contributed by atoms with Gasteiger partial charge in [-0.3, -0.25) is 14.3 Å². The number of benzene rings is 1. The number of para-hydroxylation sites is 1. The van der Waals surface area contributed by atoms with E-state index in [4.69, 9.17) is 0 Å². The Bertz CT molecular complexity index is 1020. The van der Waals surface area contributed by atoms with E-state index in [1.54, 1.807) is 0 Å². The second-order valence-corrected chi connectivity index (χ2v) is 6.73. The molecule has 144 valence electrons. The maximum absolute atomic E-state index is 12.8. The zero-order chi connectivity index (χ0) is 19.6. The van der Waals surface area contributed by atoms with Gasteiger partial charge in [0.1, 0.15) is 6.04 Å². The minimum absolute atomic E-state index is 0.0529. The van der Waals surface area contributed by atoms with E-state index < -0.39 is 6.04 Å². The predicted molar refractivity (Wildman–Crippen MR) is 107 cm³/mol. The smallest absolute Gasteiger partial charge is 0.273 e. The summed E-state index contributed by atoms with van der Waals surface area (Å²) in [5.41, 5.74) is 1.94.